The van der Waals surface area contributed by atoms with Crippen LogP contribution in [0.3, 0.4) is 0 Å². The van der Waals surface area contributed by atoms with E-state index >= 15 is 0 Å². The second-order valence-corrected chi connectivity index (χ2v) is 3.85. The molecular weight excluding hydrogens is 247 g/mol. The number of hydrogen-bond donors (Lipinski definition) is 2. The standard InChI is InChI=1S/C12H14F3NO2/c1-2-9(11(17)18)16-10(12(13,14)15)8-6-4-3-5-7-8/h3-7,9-10,16H,2H2,1H3,(H,17,18)/t9?,10-/m0/s1. The molecule has 0 heterocycles. The quantitative estimate of drug-likeness (QED) is 0.856. The SMILES string of the molecule is CCC(N[C@@H](c1ccccc1)C(F)(F)F)C(=O)O. The fraction of sp³-hybridized carbons (Fsp3) is 0.417. The fourth-order valence-electron chi connectivity index (χ4n) is 1.59. The molecule has 2 atom stereocenters. The van der Waals surface area contributed by atoms with Crippen LogP contribution >= 0.6 is 0 Å². The molecule has 100 valence electrons. The third-order valence-electron chi connectivity index (χ3n) is 2.53. The van der Waals surface area contributed by atoms with Crippen LogP contribution in [0.1, 0.15) is 24.9 Å². The summed E-state index contributed by atoms with van der Waals surface area (Å²) in [7, 11) is 0. The van der Waals surface area contributed by atoms with E-state index in [1.54, 1.807) is 6.07 Å². The number of alkyl halides is 3. The highest BCUT2D eigenvalue weighted by Crippen LogP contribution is 2.33. The van der Waals surface area contributed by atoms with Crippen molar-refractivity contribution in [3.8, 4) is 0 Å². The van der Waals surface area contributed by atoms with Gasteiger partial charge in [-0.05, 0) is 12.0 Å². The molecule has 1 rings (SSSR count). The molecule has 18 heavy (non-hydrogen) atoms. The van der Waals surface area contributed by atoms with E-state index in [0.717, 1.165) is 0 Å². The first kappa shape index (κ1) is 14.5. The summed E-state index contributed by atoms with van der Waals surface area (Å²) < 4.78 is 38.7. The predicted molar refractivity (Wildman–Crippen MR) is 60.1 cm³/mol. The molecule has 0 aliphatic carbocycles. The van der Waals surface area contributed by atoms with Crippen LogP contribution in [0.15, 0.2) is 30.3 Å². The number of rotatable bonds is 5. The smallest absolute Gasteiger partial charge is 0.407 e. The highest BCUT2D eigenvalue weighted by atomic mass is 19.4. The Morgan fingerprint density at radius 1 is 1.33 bits per heavy atom. The van der Waals surface area contributed by atoms with Crippen molar-refractivity contribution in [2.24, 2.45) is 0 Å². The Labute approximate surface area is 103 Å². The van der Waals surface area contributed by atoms with Gasteiger partial charge in [-0.15, -0.1) is 0 Å². The Kier molecular flexibility index (Phi) is 4.72. The van der Waals surface area contributed by atoms with E-state index < -0.39 is 24.2 Å². The molecule has 0 aromatic heterocycles. The molecule has 0 bridgehead atoms. The Bertz CT molecular complexity index is 392. The van der Waals surface area contributed by atoms with E-state index in [4.69, 9.17) is 5.11 Å². The van der Waals surface area contributed by atoms with Crippen LogP contribution < -0.4 is 5.32 Å². The van der Waals surface area contributed by atoms with Crippen molar-refractivity contribution in [2.45, 2.75) is 31.6 Å². The van der Waals surface area contributed by atoms with E-state index in [1.807, 2.05) is 0 Å². The van der Waals surface area contributed by atoms with Gasteiger partial charge in [-0.1, -0.05) is 37.3 Å². The van der Waals surface area contributed by atoms with Crippen LogP contribution in [0.25, 0.3) is 0 Å². The molecule has 0 aliphatic rings. The van der Waals surface area contributed by atoms with Gasteiger partial charge in [0, 0.05) is 0 Å². The molecule has 0 amide bonds. The Morgan fingerprint density at radius 2 is 1.89 bits per heavy atom. The normalized spacial score (nSPS) is 15.1. The van der Waals surface area contributed by atoms with Crippen LogP contribution in [-0.4, -0.2) is 23.3 Å². The molecular formula is C12H14F3NO2. The summed E-state index contributed by atoms with van der Waals surface area (Å²) >= 11 is 0. The van der Waals surface area contributed by atoms with Crippen LogP contribution in [0.2, 0.25) is 0 Å². The second kappa shape index (κ2) is 5.86. The zero-order valence-electron chi connectivity index (χ0n) is 9.74. The van der Waals surface area contributed by atoms with Crippen LogP contribution in [-0.2, 0) is 4.79 Å². The average Bonchev–Trinajstić information content (AvgIpc) is 2.29. The van der Waals surface area contributed by atoms with Gasteiger partial charge >= 0.3 is 12.1 Å². The Morgan fingerprint density at radius 3 is 2.28 bits per heavy atom. The number of benzene rings is 1. The minimum absolute atomic E-state index is 0.00435. The molecule has 1 unspecified atom stereocenters. The molecule has 0 aliphatic heterocycles. The average molecular weight is 261 g/mol. The topological polar surface area (TPSA) is 49.3 Å². The Balaban J connectivity index is 2.97. The largest absolute Gasteiger partial charge is 0.480 e. The molecule has 0 radical (unpaired) electrons. The third-order valence-corrected chi connectivity index (χ3v) is 2.53. The van der Waals surface area contributed by atoms with Gasteiger partial charge in [0.2, 0.25) is 0 Å². The summed E-state index contributed by atoms with van der Waals surface area (Å²) in [5.41, 5.74) is 0.00435. The first-order valence-electron chi connectivity index (χ1n) is 5.46. The third kappa shape index (κ3) is 3.73. The number of nitrogens with one attached hydrogen (secondary N) is 1. The van der Waals surface area contributed by atoms with Gasteiger partial charge in [0.1, 0.15) is 12.1 Å². The molecule has 0 saturated heterocycles. The minimum atomic E-state index is -4.54. The second-order valence-electron chi connectivity index (χ2n) is 3.85. The first-order valence-corrected chi connectivity index (χ1v) is 5.46. The predicted octanol–water partition coefficient (Wildman–Crippen LogP) is 2.74. The van der Waals surface area contributed by atoms with Gasteiger partial charge in [-0.3, -0.25) is 10.1 Å². The molecule has 0 saturated carbocycles. The summed E-state index contributed by atoms with van der Waals surface area (Å²) in [6.45, 7) is 1.52. The van der Waals surface area contributed by atoms with Crippen LogP contribution in [0, 0.1) is 0 Å². The summed E-state index contributed by atoms with van der Waals surface area (Å²) in [5, 5.41) is 10.9. The van der Waals surface area contributed by atoms with Crippen molar-refractivity contribution in [3.05, 3.63) is 35.9 Å². The van der Waals surface area contributed by atoms with Gasteiger partial charge in [0.15, 0.2) is 0 Å². The fourth-order valence-corrected chi connectivity index (χ4v) is 1.59. The van der Waals surface area contributed by atoms with Gasteiger partial charge in [-0.2, -0.15) is 13.2 Å². The lowest BCUT2D eigenvalue weighted by Crippen LogP contribution is -2.44. The van der Waals surface area contributed by atoms with Crippen molar-refractivity contribution in [1.82, 2.24) is 5.32 Å². The van der Waals surface area contributed by atoms with Gasteiger partial charge in [0.25, 0.3) is 0 Å². The van der Waals surface area contributed by atoms with Crippen LogP contribution in [0.5, 0.6) is 0 Å². The van der Waals surface area contributed by atoms with Crippen molar-refractivity contribution in [3.63, 3.8) is 0 Å². The van der Waals surface area contributed by atoms with Crippen molar-refractivity contribution in [1.29, 1.82) is 0 Å². The van der Waals surface area contributed by atoms with E-state index in [1.165, 1.54) is 31.2 Å². The highest BCUT2D eigenvalue weighted by Gasteiger charge is 2.42. The lowest BCUT2D eigenvalue weighted by molar-refractivity contribution is -0.163. The Hall–Kier alpha value is -1.56. The van der Waals surface area contributed by atoms with Gasteiger partial charge < -0.3 is 5.11 Å². The summed E-state index contributed by atoms with van der Waals surface area (Å²) in [4.78, 5) is 10.8. The maximum atomic E-state index is 12.9. The number of carboxylic acids is 1. The maximum absolute atomic E-state index is 12.9. The van der Waals surface area contributed by atoms with E-state index in [2.05, 4.69) is 5.32 Å². The van der Waals surface area contributed by atoms with Crippen LogP contribution in [0.4, 0.5) is 13.2 Å². The number of carboxylic acid groups (broad SMARTS) is 1. The van der Waals surface area contributed by atoms with Crippen molar-refractivity contribution in [2.75, 3.05) is 0 Å². The van der Waals surface area contributed by atoms with Crippen molar-refractivity contribution >= 4 is 5.97 Å². The molecule has 1 aromatic rings. The summed E-state index contributed by atoms with van der Waals surface area (Å²) in [5.74, 6) is -1.29. The summed E-state index contributed by atoms with van der Waals surface area (Å²) in [6, 6.07) is 4.01. The number of halogens is 3. The molecule has 6 heteroatoms. The zero-order chi connectivity index (χ0) is 13.8. The number of aliphatic carboxylic acids is 1. The lowest BCUT2D eigenvalue weighted by Gasteiger charge is -2.25. The number of hydrogen-bond acceptors (Lipinski definition) is 2. The zero-order valence-corrected chi connectivity index (χ0v) is 9.74. The summed E-state index contributed by atoms with van der Waals surface area (Å²) in [6.07, 6.45) is -4.46. The lowest BCUT2D eigenvalue weighted by atomic mass is 10.0. The number of carbonyl (C=O) groups is 1. The monoisotopic (exact) mass is 261 g/mol. The van der Waals surface area contributed by atoms with Crippen molar-refractivity contribution < 1.29 is 23.1 Å². The van der Waals surface area contributed by atoms with E-state index in [9.17, 15) is 18.0 Å². The molecule has 2 N–H and O–H groups in total. The van der Waals surface area contributed by atoms with Gasteiger partial charge in [0.05, 0.1) is 0 Å². The molecule has 0 spiro atoms. The van der Waals surface area contributed by atoms with E-state index in [-0.39, 0.29) is 12.0 Å². The van der Waals surface area contributed by atoms with E-state index in [0.29, 0.717) is 0 Å². The molecule has 1 aromatic carbocycles. The van der Waals surface area contributed by atoms with Gasteiger partial charge in [-0.25, -0.2) is 0 Å². The molecule has 0 fully saturated rings. The maximum Gasteiger partial charge on any atom is 0.407 e. The first-order chi connectivity index (χ1) is 8.36. The molecule has 3 nitrogen and oxygen atoms in total. The highest BCUT2D eigenvalue weighted by molar-refractivity contribution is 5.73. The minimum Gasteiger partial charge on any atom is -0.480 e.